The van der Waals surface area contributed by atoms with Gasteiger partial charge in [0.2, 0.25) is 5.91 Å². The molecule has 0 saturated heterocycles. The first-order valence-corrected chi connectivity index (χ1v) is 9.43. The van der Waals surface area contributed by atoms with Crippen molar-refractivity contribution in [3.63, 3.8) is 0 Å². The molecule has 2 aromatic carbocycles. The van der Waals surface area contributed by atoms with Crippen molar-refractivity contribution in [2.24, 2.45) is 0 Å². The fraction of sp³-hybridized carbons (Fsp3) is 0.227. The van der Waals surface area contributed by atoms with E-state index in [4.69, 9.17) is 4.42 Å². The summed E-state index contributed by atoms with van der Waals surface area (Å²) in [6.45, 7) is 1.67. The number of esters is 1. The molecule has 1 atom stereocenters. The maximum atomic E-state index is 12.3. The highest BCUT2D eigenvalue weighted by atomic mass is 16.5. The maximum Gasteiger partial charge on any atom is 0.325 e. The smallest absolute Gasteiger partial charge is 0.325 e. The number of urea groups is 1. The highest BCUT2D eigenvalue weighted by molar-refractivity contribution is 5.90. The number of hydrogen-bond acceptors (Lipinski definition) is 5. The number of amides is 3. The summed E-state index contributed by atoms with van der Waals surface area (Å²) < 4.78 is 10.2. The van der Waals surface area contributed by atoms with Crippen molar-refractivity contribution in [1.82, 2.24) is 10.6 Å². The summed E-state index contributed by atoms with van der Waals surface area (Å²) in [5, 5.41) is 9.04. The summed E-state index contributed by atoms with van der Waals surface area (Å²) in [5.74, 6) is -0.135. The zero-order chi connectivity index (χ0) is 21.5. The van der Waals surface area contributed by atoms with Crippen LogP contribution in [0.1, 0.15) is 24.3 Å². The maximum absolute atomic E-state index is 12.3. The lowest BCUT2D eigenvalue weighted by atomic mass is 10.1. The number of furan rings is 1. The van der Waals surface area contributed by atoms with Gasteiger partial charge in [-0.05, 0) is 36.8 Å². The topological polar surface area (TPSA) is 110 Å². The SMILES string of the molecule is COC(=O)CNC(=O)Cc1ccc(NC(=O)N[C@H](C)c2cc3ccccc3o2)cc1. The van der Waals surface area contributed by atoms with Crippen molar-refractivity contribution in [3.05, 3.63) is 65.9 Å². The molecule has 30 heavy (non-hydrogen) atoms. The van der Waals surface area contributed by atoms with Crippen molar-refractivity contribution < 1.29 is 23.5 Å². The number of carbonyl (C=O) groups excluding carboxylic acids is 3. The van der Waals surface area contributed by atoms with Crippen LogP contribution in [-0.4, -0.2) is 31.6 Å². The number of ether oxygens (including phenoxy) is 1. The van der Waals surface area contributed by atoms with E-state index in [-0.39, 0.29) is 30.9 Å². The van der Waals surface area contributed by atoms with E-state index in [1.165, 1.54) is 7.11 Å². The molecule has 0 unspecified atom stereocenters. The Balaban J connectivity index is 1.50. The molecule has 0 radical (unpaired) electrons. The number of para-hydroxylation sites is 1. The molecule has 3 amide bonds. The van der Waals surface area contributed by atoms with Crippen molar-refractivity contribution in [3.8, 4) is 0 Å². The van der Waals surface area contributed by atoms with Crippen LogP contribution in [0, 0.1) is 0 Å². The summed E-state index contributed by atoms with van der Waals surface area (Å²) in [6.07, 6.45) is 0.118. The molecule has 8 heteroatoms. The average molecular weight is 409 g/mol. The molecule has 8 nitrogen and oxygen atoms in total. The van der Waals surface area contributed by atoms with Crippen LogP contribution in [0.4, 0.5) is 10.5 Å². The summed E-state index contributed by atoms with van der Waals surface area (Å²) in [7, 11) is 1.26. The molecule has 0 spiro atoms. The van der Waals surface area contributed by atoms with Crippen LogP contribution in [0.2, 0.25) is 0 Å². The molecule has 0 aliphatic carbocycles. The Hall–Kier alpha value is -3.81. The van der Waals surface area contributed by atoms with E-state index >= 15 is 0 Å². The van der Waals surface area contributed by atoms with Gasteiger partial charge in [0.1, 0.15) is 17.9 Å². The average Bonchev–Trinajstić information content (AvgIpc) is 3.18. The van der Waals surface area contributed by atoms with E-state index in [1.807, 2.05) is 37.3 Å². The van der Waals surface area contributed by atoms with Crippen LogP contribution in [0.3, 0.4) is 0 Å². The third-order valence-corrected chi connectivity index (χ3v) is 4.45. The quantitative estimate of drug-likeness (QED) is 0.520. The number of nitrogens with one attached hydrogen (secondary N) is 3. The Kier molecular flexibility index (Phi) is 6.69. The Morgan fingerprint density at radius 2 is 1.80 bits per heavy atom. The van der Waals surface area contributed by atoms with Gasteiger partial charge in [-0.15, -0.1) is 0 Å². The molecule has 3 N–H and O–H groups in total. The van der Waals surface area contributed by atoms with E-state index in [9.17, 15) is 14.4 Å². The Morgan fingerprint density at radius 1 is 1.07 bits per heavy atom. The summed E-state index contributed by atoms with van der Waals surface area (Å²) >= 11 is 0. The Labute approximate surface area is 173 Å². The van der Waals surface area contributed by atoms with Crippen LogP contribution < -0.4 is 16.0 Å². The van der Waals surface area contributed by atoms with Crippen LogP contribution in [0.5, 0.6) is 0 Å². The first-order valence-electron chi connectivity index (χ1n) is 9.43. The number of methoxy groups -OCH3 is 1. The summed E-state index contributed by atoms with van der Waals surface area (Å²) in [4.78, 5) is 35.1. The van der Waals surface area contributed by atoms with Gasteiger partial charge >= 0.3 is 12.0 Å². The van der Waals surface area contributed by atoms with Gasteiger partial charge in [-0.2, -0.15) is 0 Å². The van der Waals surface area contributed by atoms with Crippen LogP contribution >= 0.6 is 0 Å². The molecule has 0 fully saturated rings. The van der Waals surface area contributed by atoms with Gasteiger partial charge in [-0.3, -0.25) is 9.59 Å². The second-order valence-corrected chi connectivity index (χ2v) is 6.73. The van der Waals surface area contributed by atoms with Gasteiger partial charge < -0.3 is 25.1 Å². The van der Waals surface area contributed by atoms with Gasteiger partial charge in [-0.25, -0.2) is 4.79 Å². The fourth-order valence-electron chi connectivity index (χ4n) is 2.85. The molecule has 156 valence electrons. The lowest BCUT2D eigenvalue weighted by Crippen LogP contribution is -2.31. The second kappa shape index (κ2) is 9.60. The largest absolute Gasteiger partial charge is 0.468 e. The number of benzene rings is 2. The molecule has 0 aliphatic rings. The number of fused-ring (bicyclic) bond motifs is 1. The van der Waals surface area contributed by atoms with E-state index in [2.05, 4.69) is 20.7 Å². The lowest BCUT2D eigenvalue weighted by Gasteiger charge is -2.13. The van der Waals surface area contributed by atoms with Crippen molar-refractivity contribution in [1.29, 1.82) is 0 Å². The zero-order valence-electron chi connectivity index (χ0n) is 16.7. The van der Waals surface area contributed by atoms with Gasteiger partial charge in [0.25, 0.3) is 0 Å². The van der Waals surface area contributed by atoms with Crippen LogP contribution in [-0.2, 0) is 20.7 Å². The lowest BCUT2D eigenvalue weighted by molar-refractivity contribution is -0.141. The second-order valence-electron chi connectivity index (χ2n) is 6.73. The first-order chi connectivity index (χ1) is 14.4. The first kappa shape index (κ1) is 20.9. The molecule has 0 bridgehead atoms. The van der Waals surface area contributed by atoms with Gasteiger partial charge in [0.05, 0.1) is 19.6 Å². The minimum atomic E-state index is -0.509. The van der Waals surface area contributed by atoms with Crippen molar-refractivity contribution >= 4 is 34.6 Å². The molecule has 3 aromatic rings. The number of hydrogen-bond donors (Lipinski definition) is 3. The summed E-state index contributed by atoms with van der Waals surface area (Å²) in [6, 6.07) is 15.7. The van der Waals surface area contributed by atoms with Crippen molar-refractivity contribution in [2.45, 2.75) is 19.4 Å². The minimum Gasteiger partial charge on any atom is -0.468 e. The Bertz CT molecular complexity index is 1010. The van der Waals surface area contributed by atoms with E-state index in [0.717, 1.165) is 16.5 Å². The summed E-state index contributed by atoms with van der Waals surface area (Å²) in [5.41, 5.74) is 2.11. The van der Waals surface area contributed by atoms with E-state index < -0.39 is 5.97 Å². The van der Waals surface area contributed by atoms with Gasteiger partial charge in [-0.1, -0.05) is 30.3 Å². The van der Waals surface area contributed by atoms with Gasteiger partial charge in [0.15, 0.2) is 0 Å². The molecule has 1 heterocycles. The zero-order valence-corrected chi connectivity index (χ0v) is 16.7. The molecule has 3 rings (SSSR count). The van der Waals surface area contributed by atoms with Crippen molar-refractivity contribution in [2.75, 3.05) is 19.0 Å². The minimum absolute atomic E-state index is 0.118. The monoisotopic (exact) mass is 409 g/mol. The third-order valence-electron chi connectivity index (χ3n) is 4.45. The molecular formula is C22H23N3O5. The highest BCUT2D eigenvalue weighted by Crippen LogP contribution is 2.23. The third kappa shape index (κ3) is 5.60. The predicted molar refractivity (Wildman–Crippen MR) is 112 cm³/mol. The highest BCUT2D eigenvalue weighted by Gasteiger charge is 2.14. The molecule has 0 aliphatic heterocycles. The van der Waals surface area contributed by atoms with E-state index in [0.29, 0.717) is 11.4 Å². The molecule has 1 aromatic heterocycles. The molecule has 0 saturated carbocycles. The number of anilines is 1. The Morgan fingerprint density at radius 3 is 2.50 bits per heavy atom. The van der Waals surface area contributed by atoms with Crippen LogP contribution in [0.15, 0.2) is 59.0 Å². The predicted octanol–water partition coefficient (Wildman–Crippen LogP) is 3.15. The fourth-order valence-corrected chi connectivity index (χ4v) is 2.85. The standard InChI is InChI=1S/C22H23N3O5/c1-14(19-12-16-5-3-4-6-18(16)30-19)24-22(28)25-17-9-7-15(8-10-17)11-20(26)23-13-21(27)29-2/h3-10,12,14H,11,13H2,1-2H3,(H,23,26)(H2,24,25,28)/t14-/m1/s1. The van der Waals surface area contributed by atoms with Crippen LogP contribution in [0.25, 0.3) is 11.0 Å². The molecular weight excluding hydrogens is 386 g/mol. The van der Waals surface area contributed by atoms with E-state index in [1.54, 1.807) is 24.3 Å². The number of rotatable bonds is 7. The van der Waals surface area contributed by atoms with Gasteiger partial charge in [0, 0.05) is 11.1 Å². The normalized spacial score (nSPS) is 11.5. The number of carbonyl (C=O) groups is 3.